The Hall–Kier alpha value is -2.47. The Morgan fingerprint density at radius 1 is 1.16 bits per heavy atom. The minimum atomic E-state index is -0.977. The van der Waals surface area contributed by atoms with Crippen molar-refractivity contribution in [2.75, 3.05) is 24.3 Å². The molecule has 2 aliphatic heterocycles. The number of hydrogen-bond acceptors (Lipinski definition) is 4. The Kier molecular flexibility index (Phi) is 5.04. The Morgan fingerprint density at radius 2 is 1.88 bits per heavy atom. The summed E-state index contributed by atoms with van der Waals surface area (Å²) in [5.41, 5.74) is 4.18. The van der Waals surface area contributed by atoms with Gasteiger partial charge in [-0.15, -0.1) is 11.8 Å². The molecule has 6 heteroatoms. The summed E-state index contributed by atoms with van der Waals surface area (Å²) in [6.07, 6.45) is 1.86. The Labute approximate surface area is 194 Å². The number of ether oxygens (including phenoxy) is 1. The highest BCUT2D eigenvalue weighted by atomic mass is 32.2. The molecule has 1 saturated heterocycles. The van der Waals surface area contributed by atoms with Gasteiger partial charge < -0.3 is 14.5 Å². The van der Waals surface area contributed by atoms with Crippen molar-refractivity contribution in [3.05, 3.63) is 59.2 Å². The molecule has 5 nitrogen and oxygen atoms in total. The van der Waals surface area contributed by atoms with E-state index in [2.05, 4.69) is 45.0 Å². The summed E-state index contributed by atoms with van der Waals surface area (Å²) in [5, 5.41) is 0. The van der Waals surface area contributed by atoms with Crippen molar-refractivity contribution in [1.29, 1.82) is 0 Å². The molecule has 168 valence electrons. The molecule has 1 saturated carbocycles. The second-order valence-electron chi connectivity index (χ2n) is 9.98. The topological polar surface area (TPSA) is 49.9 Å². The maximum atomic E-state index is 14.0. The van der Waals surface area contributed by atoms with Crippen LogP contribution in [0.2, 0.25) is 0 Å². The van der Waals surface area contributed by atoms with Crippen molar-refractivity contribution in [3.63, 3.8) is 0 Å². The van der Waals surface area contributed by atoms with Gasteiger partial charge in [0.1, 0.15) is 5.75 Å². The zero-order chi connectivity index (χ0) is 22.7. The van der Waals surface area contributed by atoms with E-state index in [0.29, 0.717) is 18.8 Å². The third kappa shape index (κ3) is 3.31. The van der Waals surface area contributed by atoms with Crippen molar-refractivity contribution in [3.8, 4) is 5.75 Å². The van der Waals surface area contributed by atoms with Crippen LogP contribution in [0.4, 0.5) is 5.69 Å². The monoisotopic (exact) mass is 450 g/mol. The highest BCUT2D eigenvalue weighted by Crippen LogP contribution is 2.56. The van der Waals surface area contributed by atoms with E-state index in [9.17, 15) is 9.59 Å². The Balaban J connectivity index is 1.54. The summed E-state index contributed by atoms with van der Waals surface area (Å²) in [6.45, 7) is 7.68. The number of rotatable bonds is 4. The van der Waals surface area contributed by atoms with E-state index < -0.39 is 4.87 Å². The van der Waals surface area contributed by atoms with Crippen LogP contribution in [-0.4, -0.2) is 36.1 Å². The molecule has 3 aliphatic rings. The van der Waals surface area contributed by atoms with E-state index in [-0.39, 0.29) is 23.1 Å². The van der Waals surface area contributed by atoms with Crippen molar-refractivity contribution in [2.24, 2.45) is 5.92 Å². The lowest BCUT2D eigenvalue weighted by Crippen LogP contribution is -2.50. The van der Waals surface area contributed by atoms with E-state index in [1.54, 1.807) is 18.9 Å². The first-order valence-electron chi connectivity index (χ1n) is 11.3. The third-order valence-electron chi connectivity index (χ3n) is 6.75. The molecule has 0 aromatic heterocycles. The standard InChI is InChI=1S/C26H30N2O3S/c1-25(2,3)19-9-5-17(6-10-19)16-27-22-12-11-20(31-4)15-21(22)26(24(27)30)28(13-14-32-26)23(29)18-7-8-18/h5-6,9-12,15,18H,7-8,13-14,16H2,1-4H3. The normalized spacial score (nSPS) is 22.6. The van der Waals surface area contributed by atoms with Crippen molar-refractivity contribution in [2.45, 2.75) is 50.4 Å². The first kappa shape index (κ1) is 21.4. The van der Waals surface area contributed by atoms with Gasteiger partial charge in [-0.2, -0.15) is 0 Å². The molecule has 1 aliphatic carbocycles. The minimum absolute atomic E-state index is 0.0165. The number of fused-ring (bicyclic) bond motifs is 2. The largest absolute Gasteiger partial charge is 0.497 e. The first-order chi connectivity index (χ1) is 15.3. The molecule has 0 N–H and O–H groups in total. The number of hydrogen-bond donors (Lipinski definition) is 0. The number of carbonyl (C=O) groups is 2. The van der Waals surface area contributed by atoms with Crippen molar-refractivity contribution < 1.29 is 14.3 Å². The zero-order valence-corrected chi connectivity index (χ0v) is 20.0. The van der Waals surface area contributed by atoms with E-state index in [1.807, 2.05) is 28.0 Å². The fraction of sp³-hybridized carbons (Fsp3) is 0.462. The van der Waals surface area contributed by atoms with Gasteiger partial charge in [0.25, 0.3) is 5.91 Å². The van der Waals surface area contributed by atoms with E-state index >= 15 is 0 Å². The van der Waals surface area contributed by atoms with Crippen LogP contribution in [0.3, 0.4) is 0 Å². The number of benzene rings is 2. The molecule has 2 aromatic rings. The summed E-state index contributed by atoms with van der Waals surface area (Å²) in [5.74, 6) is 1.64. The Bertz CT molecular complexity index is 1070. The van der Waals surface area contributed by atoms with Gasteiger partial charge in [-0.25, -0.2) is 0 Å². The lowest BCUT2D eigenvalue weighted by atomic mass is 9.87. The minimum Gasteiger partial charge on any atom is -0.497 e. The number of thioether (sulfide) groups is 1. The first-order valence-corrected chi connectivity index (χ1v) is 12.3. The second kappa shape index (κ2) is 7.55. The van der Waals surface area contributed by atoms with E-state index in [4.69, 9.17) is 4.74 Å². The van der Waals surface area contributed by atoms with Gasteiger partial charge in [0, 0.05) is 23.8 Å². The number of anilines is 1. The van der Waals surface area contributed by atoms with Gasteiger partial charge in [0.2, 0.25) is 5.91 Å². The average Bonchev–Trinajstić information content (AvgIpc) is 3.49. The maximum Gasteiger partial charge on any atom is 0.268 e. The molecule has 0 radical (unpaired) electrons. The SMILES string of the molecule is COc1ccc2c(c1)C1(SCCN1C(=O)C1CC1)C(=O)N2Cc1ccc(C(C)(C)C)cc1. The fourth-order valence-electron chi connectivity index (χ4n) is 4.74. The van der Waals surface area contributed by atoms with Crippen LogP contribution in [0.1, 0.15) is 50.3 Å². The summed E-state index contributed by atoms with van der Waals surface area (Å²) < 4.78 is 5.49. The van der Waals surface area contributed by atoms with Crippen molar-refractivity contribution >= 4 is 29.3 Å². The number of methoxy groups -OCH3 is 1. The quantitative estimate of drug-likeness (QED) is 0.679. The van der Waals surface area contributed by atoms with Gasteiger partial charge in [0.15, 0.2) is 4.87 Å². The molecule has 2 fully saturated rings. The van der Waals surface area contributed by atoms with Crippen LogP contribution < -0.4 is 9.64 Å². The third-order valence-corrected chi connectivity index (χ3v) is 8.17. The number of nitrogens with zero attached hydrogens (tertiary/aromatic N) is 2. The second-order valence-corrected chi connectivity index (χ2v) is 11.3. The van der Waals surface area contributed by atoms with Gasteiger partial charge in [-0.1, -0.05) is 45.0 Å². The zero-order valence-electron chi connectivity index (χ0n) is 19.2. The molecule has 1 spiro atoms. The number of amides is 2. The molecule has 1 unspecified atom stereocenters. The number of carbonyl (C=O) groups excluding carboxylic acids is 2. The molecule has 1 atom stereocenters. The van der Waals surface area contributed by atoms with Gasteiger partial charge in [-0.3, -0.25) is 9.59 Å². The molecule has 2 heterocycles. The molecule has 32 heavy (non-hydrogen) atoms. The van der Waals surface area contributed by atoms with Crippen LogP contribution in [-0.2, 0) is 26.4 Å². The van der Waals surface area contributed by atoms with Crippen LogP contribution in [0.5, 0.6) is 5.75 Å². The summed E-state index contributed by atoms with van der Waals surface area (Å²) in [6, 6.07) is 14.3. The summed E-state index contributed by atoms with van der Waals surface area (Å²) in [4.78, 5) is 30.0. The molecule has 2 aromatic carbocycles. The Morgan fingerprint density at radius 3 is 2.50 bits per heavy atom. The highest BCUT2D eigenvalue weighted by Gasteiger charge is 2.60. The van der Waals surface area contributed by atoms with Gasteiger partial charge in [-0.05, 0) is 47.6 Å². The molecular formula is C26H30N2O3S. The smallest absolute Gasteiger partial charge is 0.268 e. The summed E-state index contributed by atoms with van der Waals surface area (Å²) >= 11 is 1.58. The average molecular weight is 451 g/mol. The van der Waals surface area contributed by atoms with Gasteiger partial charge >= 0.3 is 0 Å². The molecule has 0 bridgehead atoms. The molecule has 5 rings (SSSR count). The molecular weight excluding hydrogens is 420 g/mol. The predicted octanol–water partition coefficient (Wildman–Crippen LogP) is 4.68. The van der Waals surface area contributed by atoms with Crippen LogP contribution >= 0.6 is 11.8 Å². The van der Waals surface area contributed by atoms with E-state index in [1.165, 1.54) is 5.56 Å². The van der Waals surface area contributed by atoms with Crippen LogP contribution in [0.25, 0.3) is 0 Å². The molecule has 2 amide bonds. The predicted molar refractivity (Wildman–Crippen MR) is 128 cm³/mol. The van der Waals surface area contributed by atoms with Gasteiger partial charge in [0.05, 0.1) is 19.3 Å². The lowest BCUT2D eigenvalue weighted by molar-refractivity contribution is -0.141. The summed E-state index contributed by atoms with van der Waals surface area (Å²) in [7, 11) is 1.63. The fourth-order valence-corrected chi connectivity index (χ4v) is 6.20. The van der Waals surface area contributed by atoms with Crippen LogP contribution in [0.15, 0.2) is 42.5 Å². The lowest BCUT2D eigenvalue weighted by Gasteiger charge is -2.33. The van der Waals surface area contributed by atoms with Crippen LogP contribution in [0, 0.1) is 5.92 Å². The van der Waals surface area contributed by atoms with E-state index in [0.717, 1.165) is 35.4 Å². The van der Waals surface area contributed by atoms with Crippen molar-refractivity contribution in [1.82, 2.24) is 4.90 Å². The maximum absolute atomic E-state index is 14.0. The highest BCUT2D eigenvalue weighted by molar-refractivity contribution is 8.01.